The van der Waals surface area contributed by atoms with Crippen LogP contribution in [0.4, 0.5) is 0 Å². The molecule has 1 saturated carbocycles. The summed E-state index contributed by atoms with van der Waals surface area (Å²) in [5.74, 6) is 0.368. The Morgan fingerprint density at radius 3 is 2.72 bits per heavy atom. The van der Waals surface area contributed by atoms with Gasteiger partial charge in [0.05, 0.1) is 7.11 Å². The van der Waals surface area contributed by atoms with E-state index in [0.717, 1.165) is 12.1 Å². The summed E-state index contributed by atoms with van der Waals surface area (Å²) in [7, 11) is 1.40. The van der Waals surface area contributed by atoms with Gasteiger partial charge < -0.3 is 4.74 Å². The van der Waals surface area contributed by atoms with Crippen molar-refractivity contribution in [1.82, 2.24) is 5.32 Å². The third-order valence-corrected chi connectivity index (χ3v) is 3.78. The third kappa shape index (κ3) is 2.68. The Morgan fingerprint density at radius 2 is 2.17 bits per heavy atom. The molecule has 1 aromatic carbocycles. The smallest absolute Gasteiger partial charge is 0.330 e. The van der Waals surface area contributed by atoms with Crippen molar-refractivity contribution in [3.05, 3.63) is 34.9 Å². The highest BCUT2D eigenvalue weighted by atomic mass is 35.5. The van der Waals surface area contributed by atoms with Gasteiger partial charge in [0.1, 0.15) is 5.54 Å². The topological polar surface area (TPSA) is 38.3 Å². The summed E-state index contributed by atoms with van der Waals surface area (Å²) >= 11 is 6.19. The van der Waals surface area contributed by atoms with Gasteiger partial charge in [-0.3, -0.25) is 5.32 Å². The standard InChI is InChI=1S/C14H18ClNO2/c1-14(13(17)18-2,16-9-10-7-8-10)11-5-3-4-6-12(11)15/h3-6,10,16H,7-9H2,1-2H3. The number of methoxy groups -OCH3 is 1. The van der Waals surface area contributed by atoms with Crippen molar-refractivity contribution >= 4 is 17.6 Å². The Labute approximate surface area is 112 Å². The van der Waals surface area contributed by atoms with Crippen LogP contribution in [-0.2, 0) is 15.1 Å². The fourth-order valence-corrected chi connectivity index (χ4v) is 2.34. The van der Waals surface area contributed by atoms with E-state index in [1.807, 2.05) is 25.1 Å². The molecule has 18 heavy (non-hydrogen) atoms. The Hall–Kier alpha value is -1.06. The third-order valence-electron chi connectivity index (χ3n) is 3.45. The largest absolute Gasteiger partial charge is 0.467 e. The summed E-state index contributed by atoms with van der Waals surface area (Å²) in [5.41, 5.74) is -0.116. The van der Waals surface area contributed by atoms with Crippen LogP contribution in [0.2, 0.25) is 5.02 Å². The van der Waals surface area contributed by atoms with E-state index >= 15 is 0 Å². The first-order valence-corrected chi connectivity index (χ1v) is 6.54. The molecule has 0 radical (unpaired) electrons. The average molecular weight is 268 g/mol. The minimum absolute atomic E-state index is 0.309. The number of carbonyl (C=O) groups is 1. The van der Waals surface area contributed by atoms with Gasteiger partial charge in [0.25, 0.3) is 0 Å². The Morgan fingerprint density at radius 1 is 1.50 bits per heavy atom. The number of nitrogens with one attached hydrogen (secondary N) is 1. The lowest BCUT2D eigenvalue weighted by Gasteiger charge is -2.29. The molecule has 1 aliphatic rings. The molecule has 0 bridgehead atoms. The molecular weight excluding hydrogens is 250 g/mol. The molecule has 0 amide bonds. The van der Waals surface area contributed by atoms with Gasteiger partial charge in [-0.2, -0.15) is 0 Å². The first-order chi connectivity index (χ1) is 8.58. The maximum absolute atomic E-state index is 12.1. The monoisotopic (exact) mass is 267 g/mol. The molecule has 0 aliphatic heterocycles. The zero-order valence-corrected chi connectivity index (χ0v) is 11.5. The molecule has 0 saturated heterocycles. The number of ether oxygens (including phenoxy) is 1. The van der Waals surface area contributed by atoms with Gasteiger partial charge in [0, 0.05) is 10.6 Å². The van der Waals surface area contributed by atoms with E-state index in [4.69, 9.17) is 16.3 Å². The SMILES string of the molecule is COC(=O)C(C)(NCC1CC1)c1ccccc1Cl. The van der Waals surface area contributed by atoms with Gasteiger partial charge >= 0.3 is 5.97 Å². The van der Waals surface area contributed by atoms with Crippen LogP contribution < -0.4 is 5.32 Å². The zero-order chi connectivity index (χ0) is 13.2. The molecule has 1 fully saturated rings. The van der Waals surface area contributed by atoms with Crippen molar-refractivity contribution in [2.24, 2.45) is 5.92 Å². The van der Waals surface area contributed by atoms with E-state index in [1.165, 1.54) is 20.0 Å². The van der Waals surface area contributed by atoms with Crippen molar-refractivity contribution in [2.45, 2.75) is 25.3 Å². The van der Waals surface area contributed by atoms with E-state index in [1.54, 1.807) is 6.07 Å². The van der Waals surface area contributed by atoms with Crippen LogP contribution in [0.15, 0.2) is 24.3 Å². The summed E-state index contributed by atoms with van der Waals surface area (Å²) in [6.07, 6.45) is 2.46. The number of benzene rings is 1. The highest BCUT2D eigenvalue weighted by Crippen LogP contribution is 2.32. The Bertz CT molecular complexity index is 445. The lowest BCUT2D eigenvalue weighted by molar-refractivity contribution is -0.148. The second kappa shape index (κ2) is 5.29. The number of rotatable bonds is 5. The quantitative estimate of drug-likeness (QED) is 0.834. The fraction of sp³-hybridized carbons (Fsp3) is 0.500. The lowest BCUT2D eigenvalue weighted by Crippen LogP contribution is -2.48. The van der Waals surface area contributed by atoms with E-state index in [0.29, 0.717) is 10.9 Å². The van der Waals surface area contributed by atoms with Crippen LogP contribution in [-0.4, -0.2) is 19.6 Å². The maximum atomic E-state index is 12.1. The van der Waals surface area contributed by atoms with Crippen LogP contribution in [0.25, 0.3) is 0 Å². The van der Waals surface area contributed by atoms with Crippen molar-refractivity contribution in [1.29, 1.82) is 0 Å². The average Bonchev–Trinajstić information content (AvgIpc) is 3.19. The molecule has 0 heterocycles. The second-order valence-electron chi connectivity index (χ2n) is 4.92. The van der Waals surface area contributed by atoms with E-state index < -0.39 is 5.54 Å². The minimum atomic E-state index is -0.879. The van der Waals surface area contributed by atoms with Crippen molar-refractivity contribution in [3.8, 4) is 0 Å². The van der Waals surface area contributed by atoms with Gasteiger partial charge in [0.2, 0.25) is 0 Å². The molecule has 1 unspecified atom stereocenters. The molecular formula is C14H18ClNO2. The van der Waals surface area contributed by atoms with Gasteiger partial charge in [-0.15, -0.1) is 0 Å². The first-order valence-electron chi connectivity index (χ1n) is 6.16. The number of hydrogen-bond donors (Lipinski definition) is 1. The highest BCUT2D eigenvalue weighted by molar-refractivity contribution is 6.31. The fourth-order valence-electron chi connectivity index (χ4n) is 2.02. The first kappa shape index (κ1) is 13.4. The predicted octanol–water partition coefficient (Wildman–Crippen LogP) is 2.73. The summed E-state index contributed by atoms with van der Waals surface area (Å²) in [6.45, 7) is 2.64. The summed E-state index contributed by atoms with van der Waals surface area (Å²) in [5, 5.41) is 3.88. The molecule has 0 spiro atoms. The zero-order valence-electron chi connectivity index (χ0n) is 10.7. The van der Waals surface area contributed by atoms with E-state index in [9.17, 15) is 4.79 Å². The van der Waals surface area contributed by atoms with Gasteiger partial charge in [-0.1, -0.05) is 29.8 Å². The molecule has 0 aromatic heterocycles. The minimum Gasteiger partial charge on any atom is -0.467 e. The summed E-state index contributed by atoms with van der Waals surface area (Å²) in [4.78, 5) is 12.1. The molecule has 1 aliphatic carbocycles. The van der Waals surface area contributed by atoms with Crippen LogP contribution in [0.1, 0.15) is 25.3 Å². The number of carbonyl (C=O) groups excluding carboxylic acids is 1. The molecule has 1 N–H and O–H groups in total. The molecule has 1 aromatic rings. The van der Waals surface area contributed by atoms with Crippen molar-refractivity contribution in [2.75, 3.05) is 13.7 Å². The van der Waals surface area contributed by atoms with Crippen LogP contribution in [0, 0.1) is 5.92 Å². The molecule has 98 valence electrons. The second-order valence-corrected chi connectivity index (χ2v) is 5.33. The molecule has 3 nitrogen and oxygen atoms in total. The van der Waals surface area contributed by atoms with Crippen LogP contribution >= 0.6 is 11.6 Å². The Balaban J connectivity index is 2.27. The number of hydrogen-bond acceptors (Lipinski definition) is 3. The summed E-state index contributed by atoms with van der Waals surface area (Å²) < 4.78 is 4.92. The van der Waals surface area contributed by atoms with Crippen LogP contribution in [0.5, 0.6) is 0 Å². The normalized spacial score (nSPS) is 18.2. The summed E-state index contributed by atoms with van der Waals surface area (Å²) in [6, 6.07) is 7.38. The van der Waals surface area contributed by atoms with Gasteiger partial charge in [0.15, 0.2) is 0 Å². The highest BCUT2D eigenvalue weighted by Gasteiger charge is 2.39. The van der Waals surface area contributed by atoms with E-state index in [2.05, 4.69) is 5.32 Å². The van der Waals surface area contributed by atoms with E-state index in [-0.39, 0.29) is 5.97 Å². The van der Waals surface area contributed by atoms with Crippen LogP contribution in [0.3, 0.4) is 0 Å². The molecule has 1 atom stereocenters. The molecule has 2 rings (SSSR count). The van der Waals surface area contributed by atoms with Gasteiger partial charge in [-0.25, -0.2) is 4.79 Å². The lowest BCUT2D eigenvalue weighted by atomic mass is 9.91. The van der Waals surface area contributed by atoms with Crippen molar-refractivity contribution < 1.29 is 9.53 Å². The maximum Gasteiger partial charge on any atom is 0.330 e. The van der Waals surface area contributed by atoms with Gasteiger partial charge in [-0.05, 0) is 38.3 Å². The molecule has 4 heteroatoms. The Kier molecular flexibility index (Phi) is 3.93. The predicted molar refractivity (Wildman–Crippen MR) is 71.5 cm³/mol. The van der Waals surface area contributed by atoms with Crippen molar-refractivity contribution in [3.63, 3.8) is 0 Å². The number of esters is 1. The number of halogens is 1.